The molecule has 0 atom stereocenters. The van der Waals surface area contributed by atoms with E-state index >= 15 is 0 Å². The highest BCUT2D eigenvalue weighted by atomic mass is 35.5. The van der Waals surface area contributed by atoms with E-state index in [2.05, 4.69) is 12.2 Å². The Labute approximate surface area is 106 Å². The summed E-state index contributed by atoms with van der Waals surface area (Å²) < 4.78 is 13.1. The van der Waals surface area contributed by atoms with Gasteiger partial charge in [-0.3, -0.25) is 0 Å². The molecule has 0 unspecified atom stereocenters. The molecule has 0 radical (unpaired) electrons. The maximum absolute atomic E-state index is 13.1. The molecule has 0 amide bonds. The van der Waals surface area contributed by atoms with Crippen molar-refractivity contribution in [3.05, 3.63) is 28.0 Å². The van der Waals surface area contributed by atoms with Crippen molar-refractivity contribution in [1.82, 2.24) is 0 Å². The monoisotopic (exact) mass is 263 g/mol. The number of rotatable bonds is 6. The lowest BCUT2D eigenvalue weighted by molar-refractivity contribution is 0.628. The molecule has 0 spiro atoms. The topological polar surface area (TPSA) is 12.0 Å². The third kappa shape index (κ3) is 4.18. The predicted molar refractivity (Wildman–Crippen MR) is 69.1 cm³/mol. The number of hydrogen-bond acceptors (Lipinski definition) is 1. The molecule has 1 nitrogen and oxygen atoms in total. The number of benzene rings is 1. The highest BCUT2D eigenvalue weighted by Gasteiger charge is 2.06. The minimum atomic E-state index is -0.556. The van der Waals surface area contributed by atoms with Crippen molar-refractivity contribution >= 4 is 28.9 Å². The van der Waals surface area contributed by atoms with E-state index < -0.39 is 5.82 Å². The first kappa shape index (κ1) is 13.6. The first-order valence-corrected chi connectivity index (χ1v) is 6.29. The van der Waals surface area contributed by atoms with Crippen LogP contribution in [-0.4, -0.2) is 6.54 Å². The Morgan fingerprint density at radius 2 is 1.75 bits per heavy atom. The molecule has 1 aromatic rings. The van der Waals surface area contributed by atoms with E-state index in [9.17, 15) is 4.39 Å². The maximum Gasteiger partial charge on any atom is 0.160 e. The molecule has 0 heterocycles. The van der Waals surface area contributed by atoms with Gasteiger partial charge < -0.3 is 5.32 Å². The van der Waals surface area contributed by atoms with E-state index in [0.29, 0.717) is 0 Å². The molecule has 0 bridgehead atoms. The summed E-state index contributed by atoms with van der Waals surface area (Å²) in [6, 6.07) is 3.12. The van der Waals surface area contributed by atoms with Crippen molar-refractivity contribution in [2.75, 3.05) is 11.9 Å². The van der Waals surface area contributed by atoms with Gasteiger partial charge in [0.05, 0.1) is 10.0 Å². The normalized spacial score (nSPS) is 10.5. The van der Waals surface area contributed by atoms with Gasteiger partial charge in [0.1, 0.15) is 0 Å². The standard InChI is InChI=1S/C12H16Cl2FN/c1-2-3-4-5-6-16-9-7-10(13)12(15)11(14)8-9/h7-8,16H,2-6H2,1H3. The van der Waals surface area contributed by atoms with E-state index in [0.717, 1.165) is 18.7 Å². The number of anilines is 1. The average Bonchev–Trinajstić information content (AvgIpc) is 2.25. The minimum absolute atomic E-state index is 0.0589. The van der Waals surface area contributed by atoms with Crippen molar-refractivity contribution in [3.8, 4) is 0 Å². The SMILES string of the molecule is CCCCCCNc1cc(Cl)c(F)c(Cl)c1. The molecule has 16 heavy (non-hydrogen) atoms. The Balaban J connectivity index is 2.43. The van der Waals surface area contributed by atoms with Crippen molar-refractivity contribution < 1.29 is 4.39 Å². The maximum atomic E-state index is 13.1. The zero-order valence-corrected chi connectivity index (χ0v) is 10.8. The fourth-order valence-corrected chi connectivity index (χ4v) is 1.93. The molecule has 0 fully saturated rings. The van der Waals surface area contributed by atoms with Gasteiger partial charge in [-0.2, -0.15) is 0 Å². The van der Waals surface area contributed by atoms with E-state index in [4.69, 9.17) is 23.2 Å². The van der Waals surface area contributed by atoms with E-state index in [1.54, 1.807) is 12.1 Å². The molecular weight excluding hydrogens is 248 g/mol. The van der Waals surface area contributed by atoms with Gasteiger partial charge in [0.25, 0.3) is 0 Å². The highest BCUT2D eigenvalue weighted by molar-refractivity contribution is 6.35. The van der Waals surface area contributed by atoms with Crippen LogP contribution in [0.1, 0.15) is 32.6 Å². The lowest BCUT2D eigenvalue weighted by atomic mass is 10.2. The van der Waals surface area contributed by atoms with Gasteiger partial charge in [-0.25, -0.2) is 4.39 Å². The van der Waals surface area contributed by atoms with Crippen LogP contribution in [0.4, 0.5) is 10.1 Å². The van der Waals surface area contributed by atoms with Gasteiger partial charge in [-0.1, -0.05) is 49.4 Å². The van der Waals surface area contributed by atoms with Crippen LogP contribution in [-0.2, 0) is 0 Å². The second-order valence-corrected chi connectivity index (χ2v) is 4.56. The molecule has 1 aromatic carbocycles. The zero-order valence-electron chi connectivity index (χ0n) is 9.32. The predicted octanol–water partition coefficient (Wildman–Crippen LogP) is 5.12. The molecule has 4 heteroatoms. The lowest BCUT2D eigenvalue weighted by Crippen LogP contribution is -2.01. The van der Waals surface area contributed by atoms with Crippen LogP contribution in [0.5, 0.6) is 0 Å². The van der Waals surface area contributed by atoms with Crippen LogP contribution < -0.4 is 5.32 Å². The Bertz CT molecular complexity index is 319. The van der Waals surface area contributed by atoms with Gasteiger partial charge in [-0.15, -0.1) is 0 Å². The first-order chi connectivity index (χ1) is 7.65. The second-order valence-electron chi connectivity index (χ2n) is 3.74. The lowest BCUT2D eigenvalue weighted by Gasteiger charge is -2.08. The molecule has 0 aliphatic rings. The van der Waals surface area contributed by atoms with Gasteiger partial charge in [0.2, 0.25) is 0 Å². The largest absolute Gasteiger partial charge is 0.385 e. The number of nitrogens with one attached hydrogen (secondary N) is 1. The first-order valence-electron chi connectivity index (χ1n) is 5.53. The zero-order chi connectivity index (χ0) is 12.0. The molecule has 0 aromatic heterocycles. The van der Waals surface area contributed by atoms with Crippen LogP contribution in [0.25, 0.3) is 0 Å². The highest BCUT2D eigenvalue weighted by Crippen LogP contribution is 2.27. The van der Waals surface area contributed by atoms with Crippen LogP contribution >= 0.6 is 23.2 Å². The van der Waals surface area contributed by atoms with Gasteiger partial charge in [0.15, 0.2) is 5.82 Å². The molecule has 0 aliphatic heterocycles. The van der Waals surface area contributed by atoms with Gasteiger partial charge in [0, 0.05) is 12.2 Å². The Kier molecular flexibility index (Phi) is 5.93. The fraction of sp³-hybridized carbons (Fsp3) is 0.500. The average molecular weight is 264 g/mol. The molecule has 0 saturated heterocycles. The quantitative estimate of drug-likeness (QED) is 0.555. The van der Waals surface area contributed by atoms with E-state index in [1.165, 1.54) is 19.3 Å². The Morgan fingerprint density at radius 1 is 1.12 bits per heavy atom. The summed E-state index contributed by atoms with van der Waals surface area (Å²) >= 11 is 11.4. The number of hydrogen-bond donors (Lipinski definition) is 1. The Hall–Kier alpha value is -0.470. The second kappa shape index (κ2) is 6.97. The summed E-state index contributed by atoms with van der Waals surface area (Å²) in [6.45, 7) is 3.03. The van der Waals surface area contributed by atoms with Crippen LogP contribution in [0.2, 0.25) is 10.0 Å². The summed E-state index contributed by atoms with van der Waals surface area (Å²) in [5.74, 6) is -0.556. The van der Waals surface area contributed by atoms with Crippen molar-refractivity contribution in [2.45, 2.75) is 32.6 Å². The van der Waals surface area contributed by atoms with Gasteiger partial charge >= 0.3 is 0 Å². The molecule has 1 N–H and O–H groups in total. The smallest absolute Gasteiger partial charge is 0.160 e. The number of halogens is 3. The van der Waals surface area contributed by atoms with Crippen molar-refractivity contribution in [2.24, 2.45) is 0 Å². The fourth-order valence-electron chi connectivity index (χ4n) is 1.44. The summed E-state index contributed by atoms with van der Waals surface area (Å²) in [5, 5.41) is 3.29. The summed E-state index contributed by atoms with van der Waals surface area (Å²) in [5.41, 5.74) is 0.771. The van der Waals surface area contributed by atoms with Crippen molar-refractivity contribution in [1.29, 1.82) is 0 Å². The molecule has 0 aliphatic carbocycles. The van der Waals surface area contributed by atoms with Gasteiger partial charge in [-0.05, 0) is 18.6 Å². The molecule has 0 saturated carbocycles. The number of unbranched alkanes of at least 4 members (excludes halogenated alkanes) is 3. The minimum Gasteiger partial charge on any atom is -0.385 e. The van der Waals surface area contributed by atoms with E-state index in [-0.39, 0.29) is 10.0 Å². The molecule has 1 rings (SSSR count). The molecular formula is C12H16Cl2FN. The third-order valence-corrected chi connectivity index (χ3v) is 2.89. The Morgan fingerprint density at radius 3 is 2.31 bits per heavy atom. The third-order valence-electron chi connectivity index (χ3n) is 2.34. The summed E-state index contributed by atoms with van der Waals surface area (Å²) in [6.07, 6.45) is 4.76. The molecule has 90 valence electrons. The van der Waals surface area contributed by atoms with Crippen LogP contribution in [0, 0.1) is 5.82 Å². The summed E-state index contributed by atoms with van der Waals surface area (Å²) in [7, 11) is 0. The van der Waals surface area contributed by atoms with Crippen molar-refractivity contribution in [3.63, 3.8) is 0 Å². The summed E-state index contributed by atoms with van der Waals surface area (Å²) in [4.78, 5) is 0. The van der Waals surface area contributed by atoms with E-state index in [1.807, 2.05) is 0 Å². The van der Waals surface area contributed by atoms with Crippen LogP contribution in [0.3, 0.4) is 0 Å². The van der Waals surface area contributed by atoms with Crippen LogP contribution in [0.15, 0.2) is 12.1 Å².